The number of amides is 1. The van der Waals surface area contributed by atoms with Gasteiger partial charge in [0.2, 0.25) is 0 Å². The lowest BCUT2D eigenvalue weighted by atomic mass is 9.99. The normalized spacial score (nSPS) is 13.0. The van der Waals surface area contributed by atoms with Crippen LogP contribution in [0.4, 0.5) is 14.5 Å². The largest absolute Gasteiger partial charge is 0.493 e. The van der Waals surface area contributed by atoms with E-state index < -0.39 is 18.5 Å². The summed E-state index contributed by atoms with van der Waals surface area (Å²) in [6, 6.07) is 11.3. The molecule has 0 unspecified atom stereocenters. The molecule has 1 N–H and O–H groups in total. The van der Waals surface area contributed by atoms with E-state index >= 15 is 0 Å². The van der Waals surface area contributed by atoms with Crippen molar-refractivity contribution in [3.8, 4) is 11.5 Å². The number of anilines is 1. The molecule has 3 aromatic rings. The Balaban J connectivity index is 1.88. The van der Waals surface area contributed by atoms with E-state index in [0.717, 1.165) is 0 Å². The molecule has 166 valence electrons. The van der Waals surface area contributed by atoms with Crippen LogP contribution in [-0.2, 0) is 17.8 Å². The van der Waals surface area contributed by atoms with E-state index in [1.807, 2.05) is 0 Å². The van der Waals surface area contributed by atoms with E-state index in [4.69, 9.17) is 26.2 Å². The Kier molecular flexibility index (Phi) is 5.88. The smallest absolute Gasteiger partial charge is 0.387 e. The molecule has 1 heterocycles. The second-order valence-corrected chi connectivity index (χ2v) is 7.52. The highest BCUT2D eigenvalue weighted by molar-refractivity contribution is 6.34. The van der Waals surface area contributed by atoms with E-state index in [-0.39, 0.29) is 29.3 Å². The molecule has 1 aliphatic rings. The molecule has 32 heavy (non-hydrogen) atoms. The minimum absolute atomic E-state index is 0.00173. The minimum atomic E-state index is -3.12. The summed E-state index contributed by atoms with van der Waals surface area (Å²) in [5.74, 6) is -1.36. The van der Waals surface area contributed by atoms with Crippen molar-refractivity contribution in [2.24, 2.45) is 0 Å². The van der Waals surface area contributed by atoms with Gasteiger partial charge in [0.15, 0.2) is 0 Å². The van der Waals surface area contributed by atoms with Crippen LogP contribution in [0.25, 0.3) is 10.8 Å². The lowest BCUT2D eigenvalue weighted by Gasteiger charge is -2.18. The number of alkyl halides is 2. The van der Waals surface area contributed by atoms with Crippen LogP contribution in [0, 0.1) is 0 Å². The monoisotopic (exact) mass is 461 g/mol. The van der Waals surface area contributed by atoms with Crippen LogP contribution in [0.15, 0.2) is 42.5 Å². The molecule has 0 fully saturated rings. The van der Waals surface area contributed by atoms with E-state index in [1.165, 1.54) is 17.0 Å². The van der Waals surface area contributed by atoms with Crippen LogP contribution < -0.4 is 14.4 Å². The number of rotatable bonds is 7. The van der Waals surface area contributed by atoms with Gasteiger partial charge in [0.05, 0.1) is 35.8 Å². The molecular weight excluding hydrogens is 444 g/mol. The van der Waals surface area contributed by atoms with E-state index in [1.54, 1.807) is 37.3 Å². The number of carbonyl (C=O) groups excluding carboxylic acids is 1. The fourth-order valence-corrected chi connectivity index (χ4v) is 4.24. The summed E-state index contributed by atoms with van der Waals surface area (Å²) >= 11 is 6.36. The Morgan fingerprint density at radius 2 is 1.88 bits per heavy atom. The van der Waals surface area contributed by atoms with Gasteiger partial charge in [-0.1, -0.05) is 41.9 Å². The molecule has 1 aliphatic heterocycles. The Hall–Kier alpha value is -3.39. The van der Waals surface area contributed by atoms with Crippen molar-refractivity contribution in [1.29, 1.82) is 0 Å². The zero-order chi connectivity index (χ0) is 23.0. The Labute approximate surface area is 186 Å². The molecular formula is C23H18ClF2NO5. The van der Waals surface area contributed by atoms with Crippen LogP contribution in [0.3, 0.4) is 0 Å². The maximum atomic E-state index is 13.4. The fourth-order valence-electron chi connectivity index (χ4n) is 3.94. The topological polar surface area (TPSA) is 76.1 Å². The van der Waals surface area contributed by atoms with Crippen LogP contribution in [0.2, 0.25) is 5.02 Å². The van der Waals surface area contributed by atoms with Gasteiger partial charge < -0.3 is 19.5 Å². The molecule has 0 bridgehead atoms. The summed E-state index contributed by atoms with van der Waals surface area (Å²) in [7, 11) is 0. The summed E-state index contributed by atoms with van der Waals surface area (Å²) in [4.78, 5) is 25.7. The number of halogens is 3. The number of carboxylic acid groups (broad SMARTS) is 1. The van der Waals surface area contributed by atoms with Crippen molar-refractivity contribution >= 4 is 39.9 Å². The van der Waals surface area contributed by atoms with Crippen molar-refractivity contribution in [2.45, 2.75) is 26.5 Å². The second kappa shape index (κ2) is 8.63. The first kappa shape index (κ1) is 21.8. The van der Waals surface area contributed by atoms with Crippen LogP contribution in [0.1, 0.15) is 28.4 Å². The van der Waals surface area contributed by atoms with Gasteiger partial charge in [0, 0.05) is 16.3 Å². The Bertz CT molecular complexity index is 1230. The number of ether oxygens (including phenoxy) is 2. The highest BCUT2D eigenvalue weighted by Gasteiger charge is 2.38. The third-order valence-corrected chi connectivity index (χ3v) is 5.45. The van der Waals surface area contributed by atoms with Gasteiger partial charge in [-0.15, -0.1) is 0 Å². The molecule has 4 rings (SSSR count). The number of hydrogen-bond donors (Lipinski definition) is 1. The standard InChI is InChI=1S/C23H18ClF2NO5/c1-2-31-20-13-5-3-4-6-14(13)21(32-23(25)26)19-15(20)11-27(22(19)30)17-8-7-12(9-16(17)24)10-18(28)29/h3-9,23H,2,10-11H2,1H3,(H,28,29). The second-order valence-electron chi connectivity index (χ2n) is 7.12. The quantitative estimate of drug-likeness (QED) is 0.518. The lowest BCUT2D eigenvalue weighted by molar-refractivity contribution is -0.136. The summed E-state index contributed by atoms with van der Waals surface area (Å²) < 4.78 is 37.2. The number of carbonyl (C=O) groups is 2. The molecule has 0 saturated carbocycles. The third kappa shape index (κ3) is 3.82. The lowest BCUT2D eigenvalue weighted by Crippen LogP contribution is -2.24. The zero-order valence-electron chi connectivity index (χ0n) is 16.9. The minimum Gasteiger partial charge on any atom is -0.493 e. The van der Waals surface area contributed by atoms with Gasteiger partial charge in [0.25, 0.3) is 5.91 Å². The maximum Gasteiger partial charge on any atom is 0.387 e. The van der Waals surface area contributed by atoms with E-state index in [2.05, 4.69) is 0 Å². The van der Waals surface area contributed by atoms with Crippen LogP contribution in [0.5, 0.6) is 11.5 Å². The van der Waals surface area contributed by atoms with Gasteiger partial charge in [-0.25, -0.2) is 0 Å². The molecule has 0 aromatic heterocycles. The van der Waals surface area contributed by atoms with Crippen molar-refractivity contribution < 1.29 is 33.0 Å². The van der Waals surface area contributed by atoms with Crippen molar-refractivity contribution in [2.75, 3.05) is 11.5 Å². The van der Waals surface area contributed by atoms with Gasteiger partial charge >= 0.3 is 12.6 Å². The SMILES string of the molecule is CCOc1c2c(c(OC(F)F)c3ccccc13)C(=O)N(c1ccc(CC(=O)O)cc1Cl)C2. The molecule has 3 aromatic carbocycles. The Morgan fingerprint density at radius 3 is 2.47 bits per heavy atom. The molecule has 0 aliphatic carbocycles. The average Bonchev–Trinajstić information content (AvgIpc) is 3.07. The van der Waals surface area contributed by atoms with Crippen molar-refractivity contribution in [3.05, 3.63) is 64.2 Å². The van der Waals surface area contributed by atoms with Crippen LogP contribution in [-0.4, -0.2) is 30.2 Å². The first-order valence-corrected chi connectivity index (χ1v) is 10.2. The Morgan fingerprint density at radius 1 is 1.19 bits per heavy atom. The molecule has 1 amide bonds. The number of fused-ring (bicyclic) bond motifs is 2. The average molecular weight is 462 g/mol. The zero-order valence-corrected chi connectivity index (χ0v) is 17.7. The maximum absolute atomic E-state index is 13.4. The predicted molar refractivity (Wildman–Crippen MR) is 115 cm³/mol. The van der Waals surface area contributed by atoms with Gasteiger partial charge in [-0.05, 0) is 24.6 Å². The summed E-state index contributed by atoms with van der Waals surface area (Å²) in [6.45, 7) is -0.991. The van der Waals surface area contributed by atoms with Gasteiger partial charge in [-0.3, -0.25) is 9.59 Å². The number of nitrogens with zero attached hydrogens (tertiary/aromatic N) is 1. The van der Waals surface area contributed by atoms with E-state index in [9.17, 15) is 18.4 Å². The first-order chi connectivity index (χ1) is 15.3. The predicted octanol–water partition coefficient (Wildman–Crippen LogP) is 5.28. The summed E-state index contributed by atoms with van der Waals surface area (Å²) in [5.41, 5.74) is 1.23. The number of benzene rings is 3. The van der Waals surface area contributed by atoms with E-state index in [0.29, 0.717) is 39.9 Å². The molecule has 9 heteroatoms. The van der Waals surface area contributed by atoms with Crippen molar-refractivity contribution in [1.82, 2.24) is 0 Å². The number of hydrogen-bond acceptors (Lipinski definition) is 4. The molecule has 0 atom stereocenters. The highest BCUT2D eigenvalue weighted by Crippen LogP contribution is 2.47. The number of carboxylic acids is 1. The third-order valence-electron chi connectivity index (χ3n) is 5.15. The fraction of sp³-hybridized carbons (Fsp3) is 0.217. The number of aliphatic carboxylic acids is 1. The molecule has 6 nitrogen and oxygen atoms in total. The first-order valence-electron chi connectivity index (χ1n) is 9.79. The van der Waals surface area contributed by atoms with Crippen LogP contribution >= 0.6 is 11.6 Å². The molecule has 0 spiro atoms. The summed E-state index contributed by atoms with van der Waals surface area (Å²) in [5, 5.41) is 10.0. The molecule has 0 saturated heterocycles. The highest BCUT2D eigenvalue weighted by atomic mass is 35.5. The van der Waals surface area contributed by atoms with Gasteiger partial charge in [-0.2, -0.15) is 8.78 Å². The van der Waals surface area contributed by atoms with Gasteiger partial charge in [0.1, 0.15) is 11.5 Å². The summed E-state index contributed by atoms with van der Waals surface area (Å²) in [6.07, 6.45) is -0.222. The van der Waals surface area contributed by atoms with Crippen molar-refractivity contribution in [3.63, 3.8) is 0 Å². The molecule has 0 radical (unpaired) electrons.